The van der Waals surface area contributed by atoms with Gasteiger partial charge in [0.25, 0.3) is 0 Å². The molecule has 0 bridgehead atoms. The van der Waals surface area contributed by atoms with Gasteiger partial charge < -0.3 is 9.47 Å². The van der Waals surface area contributed by atoms with Crippen LogP contribution < -0.4 is 4.74 Å². The second-order valence-corrected chi connectivity index (χ2v) is 12.2. The van der Waals surface area contributed by atoms with Gasteiger partial charge in [-0.05, 0) is 74.0 Å². The molecule has 5 rings (SSSR count). The van der Waals surface area contributed by atoms with Crippen LogP contribution >= 0.6 is 11.3 Å². The minimum absolute atomic E-state index is 0.109. The van der Waals surface area contributed by atoms with Gasteiger partial charge in [0.2, 0.25) is 10.0 Å². The van der Waals surface area contributed by atoms with Crippen molar-refractivity contribution in [3.8, 4) is 11.8 Å². The number of aromatic nitrogens is 1. The van der Waals surface area contributed by atoms with E-state index in [1.807, 2.05) is 38.1 Å². The van der Waals surface area contributed by atoms with Gasteiger partial charge in [-0.15, -0.1) is 11.3 Å². The number of hydrogen-bond donors (Lipinski definition) is 0. The molecule has 0 N–H and O–H groups in total. The molecule has 2 atom stereocenters. The third-order valence-corrected chi connectivity index (χ3v) is 9.08. The molecule has 2 unspecified atom stereocenters. The number of morpholine rings is 1. The van der Waals surface area contributed by atoms with E-state index in [2.05, 4.69) is 11.1 Å². The average molecular weight is 560 g/mol. The number of carbonyl (C=O) groups is 1. The van der Waals surface area contributed by atoms with Crippen LogP contribution in [0, 0.1) is 11.3 Å². The quantitative estimate of drug-likeness (QED) is 0.177. The van der Waals surface area contributed by atoms with Crippen molar-refractivity contribution in [1.82, 2.24) is 9.29 Å². The molecule has 4 aromatic rings. The Morgan fingerprint density at radius 3 is 2.36 bits per heavy atom. The summed E-state index contributed by atoms with van der Waals surface area (Å²) < 4.78 is 39.6. The van der Waals surface area contributed by atoms with Crippen LogP contribution in [-0.4, -0.2) is 49.0 Å². The molecule has 1 fully saturated rings. The van der Waals surface area contributed by atoms with Crippen LogP contribution in [0.3, 0.4) is 0 Å². The Labute approximate surface area is 230 Å². The first kappa shape index (κ1) is 26.7. The Morgan fingerprint density at radius 2 is 1.72 bits per heavy atom. The largest absolute Gasteiger partial charge is 0.423 e. The van der Waals surface area contributed by atoms with Crippen LogP contribution in [0.1, 0.15) is 34.8 Å². The molecule has 1 aliphatic rings. The average Bonchev–Trinajstić information content (AvgIpc) is 3.36. The Bertz CT molecular complexity index is 1640. The standard InChI is InChI=1S/C29H25N3O5S2/c1-19-17-32(18-20(2)36-19)39(34,35)25-13-9-22(10-14-25)29(33)37-24-11-7-21(8-12-24)15-23(16-30)28-31-26-5-3-4-6-27(26)38-28/h3-15,19-20H,17-18H2,1-2H3/b23-15+. The van der Waals surface area contributed by atoms with Crippen molar-refractivity contribution < 1.29 is 22.7 Å². The lowest BCUT2D eigenvalue weighted by atomic mass is 10.1. The van der Waals surface area contributed by atoms with Gasteiger partial charge in [-0.3, -0.25) is 0 Å². The molecule has 3 aromatic carbocycles. The predicted octanol–water partition coefficient (Wildman–Crippen LogP) is 5.38. The highest BCUT2D eigenvalue weighted by Crippen LogP contribution is 2.28. The number of benzene rings is 3. The van der Waals surface area contributed by atoms with Crippen molar-refractivity contribution in [3.63, 3.8) is 0 Å². The van der Waals surface area contributed by atoms with Gasteiger partial charge >= 0.3 is 5.97 Å². The molecule has 198 valence electrons. The third-order valence-electron chi connectivity index (χ3n) is 6.16. The van der Waals surface area contributed by atoms with Gasteiger partial charge in [-0.25, -0.2) is 18.2 Å². The number of nitriles is 1. The molecule has 1 aliphatic heterocycles. The fourth-order valence-electron chi connectivity index (χ4n) is 4.33. The normalized spacial score (nSPS) is 18.5. The van der Waals surface area contributed by atoms with Crippen molar-refractivity contribution in [2.75, 3.05) is 13.1 Å². The molecular weight excluding hydrogens is 534 g/mol. The van der Waals surface area contributed by atoms with Crippen LogP contribution in [0.25, 0.3) is 21.9 Å². The molecule has 2 heterocycles. The molecule has 8 nitrogen and oxygen atoms in total. The lowest BCUT2D eigenvalue weighted by Gasteiger charge is -2.34. The molecule has 0 radical (unpaired) electrons. The van der Waals surface area contributed by atoms with Crippen LogP contribution in [-0.2, 0) is 14.8 Å². The maximum atomic E-state index is 13.0. The first-order chi connectivity index (χ1) is 18.7. The van der Waals surface area contributed by atoms with Gasteiger partial charge in [-0.2, -0.15) is 9.57 Å². The lowest BCUT2D eigenvalue weighted by Crippen LogP contribution is -2.48. The Kier molecular flexibility index (Phi) is 7.59. The molecule has 1 aromatic heterocycles. The number of fused-ring (bicyclic) bond motifs is 1. The van der Waals surface area contributed by atoms with E-state index in [1.54, 1.807) is 30.3 Å². The first-order valence-electron chi connectivity index (χ1n) is 12.3. The van der Waals surface area contributed by atoms with Crippen LogP contribution in [0.2, 0.25) is 0 Å². The summed E-state index contributed by atoms with van der Waals surface area (Å²) in [5.74, 6) is -0.285. The van der Waals surface area contributed by atoms with Gasteiger partial charge in [-0.1, -0.05) is 24.3 Å². The molecule has 1 saturated heterocycles. The van der Waals surface area contributed by atoms with Gasteiger partial charge in [0.15, 0.2) is 0 Å². The minimum atomic E-state index is -3.71. The van der Waals surface area contributed by atoms with E-state index in [0.717, 1.165) is 15.8 Å². The highest BCUT2D eigenvalue weighted by atomic mass is 32.2. The Morgan fingerprint density at radius 1 is 1.05 bits per heavy atom. The molecule has 10 heteroatoms. The number of sulfonamides is 1. The number of nitrogens with zero attached hydrogens (tertiary/aromatic N) is 3. The van der Waals surface area contributed by atoms with E-state index in [4.69, 9.17) is 9.47 Å². The number of allylic oxidation sites excluding steroid dienone is 1. The number of hydrogen-bond acceptors (Lipinski definition) is 8. The first-order valence-corrected chi connectivity index (χ1v) is 14.5. The summed E-state index contributed by atoms with van der Waals surface area (Å²) in [5.41, 5.74) is 2.27. The topological polar surface area (TPSA) is 110 Å². The van der Waals surface area contributed by atoms with E-state index in [0.29, 0.717) is 16.3 Å². The predicted molar refractivity (Wildman–Crippen MR) is 150 cm³/mol. The summed E-state index contributed by atoms with van der Waals surface area (Å²) in [7, 11) is -3.71. The number of carbonyl (C=O) groups excluding carboxylic acids is 1. The highest BCUT2D eigenvalue weighted by molar-refractivity contribution is 7.89. The highest BCUT2D eigenvalue weighted by Gasteiger charge is 2.32. The van der Waals surface area contributed by atoms with Gasteiger partial charge in [0, 0.05) is 13.1 Å². The van der Waals surface area contributed by atoms with E-state index < -0.39 is 16.0 Å². The van der Waals surface area contributed by atoms with Crippen molar-refractivity contribution >= 4 is 49.2 Å². The van der Waals surface area contributed by atoms with E-state index in [1.165, 1.54) is 39.9 Å². The summed E-state index contributed by atoms with van der Waals surface area (Å²) in [6.45, 7) is 4.23. The van der Waals surface area contributed by atoms with Crippen molar-refractivity contribution in [3.05, 3.63) is 88.9 Å². The summed E-state index contributed by atoms with van der Waals surface area (Å²) in [6.07, 6.45) is 1.34. The summed E-state index contributed by atoms with van der Waals surface area (Å²) in [4.78, 5) is 17.3. The molecular formula is C29H25N3O5S2. The number of para-hydroxylation sites is 1. The number of esters is 1. The van der Waals surface area contributed by atoms with Crippen molar-refractivity contribution in [2.24, 2.45) is 0 Å². The summed E-state index contributed by atoms with van der Waals surface area (Å²) >= 11 is 1.45. The van der Waals surface area contributed by atoms with Crippen molar-refractivity contribution in [2.45, 2.75) is 31.0 Å². The Balaban J connectivity index is 1.26. The molecule has 0 aliphatic carbocycles. The monoisotopic (exact) mass is 559 g/mol. The Hall–Kier alpha value is -3.88. The van der Waals surface area contributed by atoms with Crippen LogP contribution in [0.4, 0.5) is 0 Å². The molecule has 39 heavy (non-hydrogen) atoms. The number of rotatable bonds is 6. The zero-order valence-electron chi connectivity index (χ0n) is 21.3. The number of thiazole rings is 1. The van der Waals surface area contributed by atoms with Crippen LogP contribution in [0.5, 0.6) is 5.75 Å². The molecule has 0 saturated carbocycles. The fourth-order valence-corrected chi connectivity index (χ4v) is 6.86. The summed E-state index contributed by atoms with van der Waals surface area (Å²) in [5, 5.41) is 10.3. The lowest BCUT2D eigenvalue weighted by molar-refractivity contribution is -0.0440. The van der Waals surface area contributed by atoms with E-state index >= 15 is 0 Å². The smallest absolute Gasteiger partial charge is 0.343 e. The van der Waals surface area contributed by atoms with Crippen LogP contribution in [0.15, 0.2) is 77.7 Å². The SMILES string of the molecule is CC1CN(S(=O)(=O)c2ccc(C(=O)Oc3ccc(/C=C(\C#N)c4nc5ccccc5s4)cc3)cc2)CC(C)O1. The maximum Gasteiger partial charge on any atom is 0.343 e. The second-order valence-electron chi connectivity index (χ2n) is 9.22. The minimum Gasteiger partial charge on any atom is -0.423 e. The summed E-state index contributed by atoms with van der Waals surface area (Å²) in [6, 6.07) is 22.4. The zero-order chi connectivity index (χ0) is 27.6. The van der Waals surface area contributed by atoms with Gasteiger partial charge in [0.1, 0.15) is 16.8 Å². The third kappa shape index (κ3) is 5.92. The second kappa shape index (κ2) is 11.1. The van der Waals surface area contributed by atoms with E-state index in [-0.39, 0.29) is 35.8 Å². The molecule has 0 amide bonds. The van der Waals surface area contributed by atoms with Crippen molar-refractivity contribution in [1.29, 1.82) is 5.26 Å². The fraction of sp³-hybridized carbons (Fsp3) is 0.207. The zero-order valence-corrected chi connectivity index (χ0v) is 22.9. The van der Waals surface area contributed by atoms with E-state index in [9.17, 15) is 18.5 Å². The maximum absolute atomic E-state index is 13.0. The number of ether oxygens (including phenoxy) is 2. The van der Waals surface area contributed by atoms with Gasteiger partial charge in [0.05, 0.1) is 38.5 Å². The molecule has 0 spiro atoms.